The summed E-state index contributed by atoms with van der Waals surface area (Å²) in [5.41, 5.74) is 17.5. The van der Waals surface area contributed by atoms with Gasteiger partial charge in [-0.3, -0.25) is 57.4 Å². The number of amides is 3. The number of carbonyl (C=O) groups excluding carboxylic acids is 3. The van der Waals surface area contributed by atoms with E-state index in [0.29, 0.717) is 81.5 Å². The predicted octanol–water partition coefficient (Wildman–Crippen LogP) is 20.9. The largest absolute Gasteiger partial charge is 0.397 e. The van der Waals surface area contributed by atoms with Crippen LogP contribution < -0.4 is 48.6 Å². The SMILES string of the molecule is C=CC(=O)N1CCN(c2c(C#N)c(=O)n(-c3c(C)ccnc3C(C)C)c3nc(-c4c(F)c(N)c(Cl)c(F)c4Cl)c(Cl)cc23)C[C@H]1C.C=CC(=O)N1CCN(c2c(C#N)c(=O)n(-c3c(C)ccnc3C(C)C)c3nc(-c4c(F)c(N)c(Cl)c(F)c4Cl)c(Cl)cc23)C[C@H]1C.C=CC(=O)N1CCN(c2c(C#N)c(=O)n(-c3c(C)ccnc3C(C)C)c3nc(-c4c(N)c(Cl)c(F)c(Cl)c4Cl)c(Cl)cc23)C[C@H]1C. The van der Waals surface area contributed by atoms with Crippen LogP contribution in [0.1, 0.15) is 131 Å². The average Bonchev–Trinajstić information content (AvgIpc) is 0.726. The van der Waals surface area contributed by atoms with Crippen molar-refractivity contribution in [2.24, 2.45) is 0 Å². The van der Waals surface area contributed by atoms with Gasteiger partial charge in [0.15, 0.2) is 29.1 Å². The number of nitrogens with zero attached hydrogens (tertiary/aromatic N) is 18. The summed E-state index contributed by atoms with van der Waals surface area (Å²) in [5.74, 6) is -6.79. The van der Waals surface area contributed by atoms with Crippen molar-refractivity contribution in [3.8, 4) is 69.0 Å². The Hall–Kier alpha value is -12.4. The normalized spacial score (nSPS) is 15.0. The van der Waals surface area contributed by atoms with Crippen LogP contribution in [-0.2, 0) is 14.4 Å². The zero-order chi connectivity index (χ0) is 101. The van der Waals surface area contributed by atoms with E-state index < -0.39 is 98.4 Å². The molecule has 0 bridgehead atoms. The number of nitriles is 3. The van der Waals surface area contributed by atoms with Crippen LogP contribution in [0.3, 0.4) is 0 Å². The smallest absolute Gasteiger partial charge is 0.276 e. The Morgan fingerprint density at radius 3 is 0.913 bits per heavy atom. The Morgan fingerprint density at radius 2 is 0.659 bits per heavy atom. The number of rotatable bonds is 15. The van der Waals surface area contributed by atoms with E-state index in [0.717, 1.165) is 0 Å². The highest BCUT2D eigenvalue weighted by molar-refractivity contribution is 6.47. The van der Waals surface area contributed by atoms with E-state index in [1.165, 1.54) is 44.1 Å². The first-order chi connectivity index (χ1) is 65.2. The van der Waals surface area contributed by atoms with Crippen LogP contribution in [0.15, 0.2) is 107 Å². The molecule has 3 aliphatic rings. The van der Waals surface area contributed by atoms with Crippen LogP contribution in [0.4, 0.5) is 56.1 Å². The van der Waals surface area contributed by atoms with Gasteiger partial charge in [-0.15, -0.1) is 0 Å². The maximum atomic E-state index is 15.6. The molecule has 3 atom stereocenters. The molecule has 0 aliphatic carbocycles. The summed E-state index contributed by atoms with van der Waals surface area (Å²) in [5, 5.41) is 28.0. The summed E-state index contributed by atoms with van der Waals surface area (Å²) >= 11 is 63.5. The van der Waals surface area contributed by atoms with E-state index in [4.69, 9.17) is 138 Å². The van der Waals surface area contributed by atoms with Crippen LogP contribution in [0.25, 0.3) is 83.9 Å². The number of aryl methyl sites for hydroxylation is 3. The number of benzene rings is 3. The first kappa shape index (κ1) is 103. The summed E-state index contributed by atoms with van der Waals surface area (Å²) in [6.45, 7) is 35.6. The number of anilines is 6. The molecule has 0 radical (unpaired) electrons. The number of hydrogen-bond acceptors (Lipinski definition) is 21. The summed E-state index contributed by atoms with van der Waals surface area (Å²) in [7, 11) is 0. The van der Waals surface area contributed by atoms with Gasteiger partial charge in [0.05, 0.1) is 132 Å². The Balaban J connectivity index is 0.000000175. The fourth-order valence-corrected chi connectivity index (χ4v) is 19.9. The lowest BCUT2D eigenvalue weighted by atomic mass is 10.0. The molecule has 0 saturated carbocycles. The van der Waals surface area contributed by atoms with Crippen molar-refractivity contribution in [1.82, 2.24) is 58.3 Å². The highest BCUT2D eigenvalue weighted by atomic mass is 35.5. The van der Waals surface area contributed by atoms with E-state index in [-0.39, 0.29) is 197 Å². The van der Waals surface area contributed by atoms with Gasteiger partial charge < -0.3 is 46.6 Å². The van der Waals surface area contributed by atoms with Gasteiger partial charge >= 0.3 is 0 Å². The maximum Gasteiger partial charge on any atom is 0.276 e. The molecular formula is C96H84Cl10F5N21O6. The Morgan fingerprint density at radius 1 is 0.399 bits per heavy atom. The number of hydrogen-bond donors (Lipinski definition) is 3. The lowest BCUT2D eigenvalue weighted by Crippen LogP contribution is -2.54. The highest BCUT2D eigenvalue weighted by Gasteiger charge is 2.40. The summed E-state index contributed by atoms with van der Waals surface area (Å²) in [6.07, 6.45) is 8.57. The van der Waals surface area contributed by atoms with Gasteiger partial charge in [-0.25, -0.2) is 36.9 Å². The van der Waals surface area contributed by atoms with Crippen molar-refractivity contribution >= 4 is 201 Å². The van der Waals surface area contributed by atoms with E-state index >= 15 is 17.6 Å². The number of nitrogens with two attached hydrogens (primary N) is 3. The first-order valence-corrected chi connectivity index (χ1v) is 46.4. The second-order valence-electron chi connectivity index (χ2n) is 33.8. The summed E-state index contributed by atoms with van der Waals surface area (Å²) in [6, 6.07) is 14.9. The minimum absolute atomic E-state index is 0.00770. The minimum Gasteiger partial charge on any atom is -0.397 e. The highest BCUT2D eigenvalue weighted by Crippen LogP contribution is 2.51. The van der Waals surface area contributed by atoms with Crippen LogP contribution in [0, 0.1) is 83.9 Å². The quantitative estimate of drug-likeness (QED) is 0.0282. The summed E-state index contributed by atoms with van der Waals surface area (Å²) < 4.78 is 79.8. The molecule has 3 saturated heterocycles. The molecule has 12 aromatic rings. The average molecular weight is 2080 g/mol. The second kappa shape index (κ2) is 41.0. The lowest BCUT2D eigenvalue weighted by Gasteiger charge is -2.41. The number of halogens is 15. The van der Waals surface area contributed by atoms with Crippen LogP contribution in [-0.4, -0.2) is 153 Å². The van der Waals surface area contributed by atoms with E-state index in [2.05, 4.69) is 62.9 Å². The molecule has 138 heavy (non-hydrogen) atoms. The van der Waals surface area contributed by atoms with Crippen LogP contribution >= 0.6 is 116 Å². The molecule has 3 fully saturated rings. The predicted molar refractivity (Wildman–Crippen MR) is 536 cm³/mol. The number of fused-ring (bicyclic) bond motifs is 3. The maximum absolute atomic E-state index is 15.6. The van der Waals surface area contributed by atoms with Crippen LogP contribution in [0.5, 0.6) is 0 Å². The molecule has 6 N–H and O–H groups in total. The zero-order valence-electron chi connectivity index (χ0n) is 75.8. The summed E-state index contributed by atoms with van der Waals surface area (Å²) in [4.78, 5) is 119. The third-order valence-corrected chi connectivity index (χ3v) is 27.7. The van der Waals surface area contributed by atoms with Gasteiger partial charge in [-0.1, -0.05) is 177 Å². The van der Waals surface area contributed by atoms with Crippen molar-refractivity contribution in [2.45, 2.75) is 119 Å². The minimum atomic E-state index is -1.17. The van der Waals surface area contributed by atoms with Crippen molar-refractivity contribution in [3.63, 3.8) is 0 Å². The number of nitrogen functional groups attached to an aromatic ring is 3. The number of piperazine rings is 3. The lowest BCUT2D eigenvalue weighted by molar-refractivity contribution is -0.129. The van der Waals surface area contributed by atoms with Gasteiger partial charge in [-0.2, -0.15) is 15.8 Å². The topological polar surface area (TPSA) is 363 Å². The van der Waals surface area contributed by atoms with Crippen molar-refractivity contribution in [2.75, 3.05) is 90.8 Å². The van der Waals surface area contributed by atoms with Crippen molar-refractivity contribution in [3.05, 3.63) is 254 Å². The molecule has 0 spiro atoms. The number of pyridine rings is 9. The standard InChI is InChI=1S/C32H28Cl4FN7O2.2C32H28Cl3F2N7O2/c1-6-20(45)43-10-9-42(13-16(43)5)30-17-11-19(33)28(21-22(34)23(35)25(37)24(36)26(21)39)41-31(17)44(32(46)18(30)12-38)29-15(4)7-8-40-27(29)14(2)3;2*1-6-20(45)43-10-9-42(13-16(43)5)30-17-11-19(33)28(21-22(34)25(37)23(35)26(39)24(21)36)41-31(17)44(32(46)18(30)12-38)29-15(4)7-8-40-27(29)14(2)3/h3*6-8,11,14,16H,1,9-10,13,39H2,2-5H3/t3*16-/m111/s1. The first-order valence-electron chi connectivity index (χ1n) is 42.6. The van der Waals surface area contributed by atoms with Crippen LogP contribution in [0.2, 0.25) is 50.2 Å². The molecular weight excluding hydrogens is 1990 g/mol. The Labute approximate surface area is 837 Å². The number of carbonyl (C=O) groups is 3. The van der Waals surface area contributed by atoms with Crippen molar-refractivity contribution < 1.29 is 36.3 Å². The van der Waals surface area contributed by atoms with Gasteiger partial charge in [0.1, 0.15) is 66.9 Å². The fourth-order valence-electron chi connectivity index (χ4n) is 17.5. The molecule has 9 aromatic heterocycles. The molecule has 0 unspecified atom stereocenters. The monoisotopic (exact) mass is 2070 g/mol. The number of aromatic nitrogens is 9. The third kappa shape index (κ3) is 18.1. The molecule has 3 aromatic carbocycles. The van der Waals surface area contributed by atoms with Gasteiger partial charge in [0.2, 0.25) is 17.7 Å². The van der Waals surface area contributed by atoms with Gasteiger partial charge in [0, 0.05) is 117 Å². The van der Waals surface area contributed by atoms with Crippen molar-refractivity contribution in [1.29, 1.82) is 15.8 Å². The molecule has 42 heteroatoms. The molecule has 714 valence electrons. The third-order valence-electron chi connectivity index (χ3n) is 24.2. The van der Waals surface area contributed by atoms with Gasteiger partial charge in [0.25, 0.3) is 16.7 Å². The van der Waals surface area contributed by atoms with E-state index in [1.807, 2.05) is 83.9 Å². The molecule has 3 aliphatic heterocycles. The van der Waals surface area contributed by atoms with E-state index in [1.54, 1.807) is 71.4 Å². The Bertz CT molecular complexity index is 6780. The molecule has 27 nitrogen and oxygen atoms in total. The van der Waals surface area contributed by atoms with E-state index in [9.17, 15) is 48.9 Å². The van der Waals surface area contributed by atoms with Gasteiger partial charge in [-0.05, 0) is 131 Å². The zero-order valence-corrected chi connectivity index (χ0v) is 83.3. The second-order valence-corrected chi connectivity index (χ2v) is 37.6. The molecule has 12 heterocycles. The molecule has 15 rings (SSSR count). The molecule has 3 amide bonds. The fraction of sp³-hybridized carbons (Fsp3) is 0.281. The Kier molecular flexibility index (Phi) is 30.6.